The van der Waals surface area contributed by atoms with Gasteiger partial charge in [0.05, 0.1) is 6.54 Å². The normalized spacial score (nSPS) is 21.7. The molecule has 1 saturated carbocycles. The number of carbonyl (C=O) groups excluding carboxylic acids is 2. The van der Waals surface area contributed by atoms with E-state index >= 15 is 0 Å². The highest BCUT2D eigenvalue weighted by Gasteiger charge is 2.23. The molecular formula is C16H28N2O3. The van der Waals surface area contributed by atoms with Gasteiger partial charge in [0.25, 0.3) is 0 Å². The molecule has 0 radical (unpaired) electrons. The SMILES string of the molecule is C=C(C)C(=O)OCCNC(=O)NC1CCC(C(C)C)CC1. The van der Waals surface area contributed by atoms with Crippen molar-refractivity contribution >= 4 is 12.0 Å². The summed E-state index contributed by atoms with van der Waals surface area (Å²) in [5, 5.41) is 5.68. The Morgan fingerprint density at radius 2 is 1.86 bits per heavy atom. The molecule has 0 saturated heterocycles. The molecule has 0 aromatic carbocycles. The van der Waals surface area contributed by atoms with Crippen molar-refractivity contribution in [2.45, 2.75) is 52.5 Å². The predicted octanol–water partition coefficient (Wildman–Crippen LogP) is 2.62. The number of nitrogens with one attached hydrogen (secondary N) is 2. The Bertz CT molecular complexity index is 372. The Hall–Kier alpha value is -1.52. The molecule has 1 aliphatic carbocycles. The summed E-state index contributed by atoms with van der Waals surface area (Å²) in [6.45, 7) is 10.1. The molecular weight excluding hydrogens is 268 g/mol. The van der Waals surface area contributed by atoms with E-state index in [2.05, 4.69) is 31.1 Å². The summed E-state index contributed by atoms with van der Waals surface area (Å²) in [6, 6.07) is 0.0762. The van der Waals surface area contributed by atoms with Gasteiger partial charge in [-0.15, -0.1) is 0 Å². The molecule has 2 N–H and O–H groups in total. The monoisotopic (exact) mass is 296 g/mol. The maximum absolute atomic E-state index is 11.7. The summed E-state index contributed by atoms with van der Waals surface area (Å²) >= 11 is 0. The van der Waals surface area contributed by atoms with Crippen molar-refractivity contribution in [2.75, 3.05) is 13.2 Å². The highest BCUT2D eigenvalue weighted by molar-refractivity contribution is 5.86. The van der Waals surface area contributed by atoms with Crippen molar-refractivity contribution in [3.8, 4) is 0 Å². The molecule has 0 spiro atoms. The summed E-state index contributed by atoms with van der Waals surface area (Å²) in [7, 11) is 0. The molecule has 0 atom stereocenters. The van der Waals surface area contributed by atoms with Gasteiger partial charge in [0.1, 0.15) is 6.61 Å². The van der Waals surface area contributed by atoms with Crippen LogP contribution in [-0.2, 0) is 9.53 Å². The van der Waals surface area contributed by atoms with E-state index in [4.69, 9.17) is 4.74 Å². The third-order valence-electron chi connectivity index (χ3n) is 4.02. The molecule has 1 aliphatic rings. The second-order valence-electron chi connectivity index (χ2n) is 6.17. The van der Waals surface area contributed by atoms with E-state index in [0.717, 1.165) is 24.7 Å². The Labute approximate surface area is 127 Å². The summed E-state index contributed by atoms with van der Waals surface area (Å²) < 4.78 is 4.90. The molecule has 120 valence electrons. The van der Waals surface area contributed by atoms with E-state index in [1.54, 1.807) is 6.92 Å². The van der Waals surface area contributed by atoms with Crippen LogP contribution in [0.1, 0.15) is 46.5 Å². The number of hydrogen-bond donors (Lipinski definition) is 2. The molecule has 5 heteroatoms. The fourth-order valence-electron chi connectivity index (χ4n) is 2.60. The van der Waals surface area contributed by atoms with Crippen molar-refractivity contribution in [2.24, 2.45) is 11.8 Å². The predicted molar refractivity (Wildman–Crippen MR) is 82.9 cm³/mol. The molecule has 2 amide bonds. The Morgan fingerprint density at radius 3 is 2.38 bits per heavy atom. The van der Waals surface area contributed by atoms with Crippen molar-refractivity contribution < 1.29 is 14.3 Å². The van der Waals surface area contributed by atoms with E-state index in [0.29, 0.717) is 12.1 Å². The Kier molecular flexibility index (Phi) is 7.26. The first kappa shape index (κ1) is 17.5. The van der Waals surface area contributed by atoms with Crippen molar-refractivity contribution in [3.05, 3.63) is 12.2 Å². The first-order valence-corrected chi connectivity index (χ1v) is 7.77. The van der Waals surface area contributed by atoms with Crippen LogP contribution in [0.4, 0.5) is 4.79 Å². The second-order valence-corrected chi connectivity index (χ2v) is 6.17. The number of amides is 2. The standard InChI is InChI=1S/C16H28N2O3/c1-11(2)13-5-7-14(8-6-13)18-16(20)17-9-10-21-15(19)12(3)4/h11,13-14H,3,5-10H2,1-2,4H3,(H2,17,18,20). The first-order chi connectivity index (χ1) is 9.90. The summed E-state index contributed by atoms with van der Waals surface area (Å²) in [4.78, 5) is 22.9. The number of carbonyl (C=O) groups is 2. The smallest absolute Gasteiger partial charge is 0.333 e. The topological polar surface area (TPSA) is 67.4 Å². The minimum absolute atomic E-state index is 0.166. The molecule has 0 unspecified atom stereocenters. The quantitative estimate of drug-likeness (QED) is 0.450. The third kappa shape index (κ3) is 6.65. The van der Waals surface area contributed by atoms with Crippen LogP contribution in [0.2, 0.25) is 0 Å². The van der Waals surface area contributed by atoms with Crippen LogP contribution in [0.15, 0.2) is 12.2 Å². The first-order valence-electron chi connectivity index (χ1n) is 7.77. The van der Waals surface area contributed by atoms with Crippen molar-refractivity contribution in [3.63, 3.8) is 0 Å². The lowest BCUT2D eigenvalue weighted by molar-refractivity contribution is -0.138. The number of rotatable bonds is 6. The minimum Gasteiger partial charge on any atom is -0.460 e. The number of ether oxygens (including phenoxy) is 1. The molecule has 0 aromatic heterocycles. The molecule has 0 bridgehead atoms. The van der Waals surface area contributed by atoms with Crippen molar-refractivity contribution in [1.29, 1.82) is 0 Å². The van der Waals surface area contributed by atoms with Gasteiger partial charge in [-0.25, -0.2) is 9.59 Å². The van der Waals surface area contributed by atoms with Gasteiger partial charge in [0.15, 0.2) is 0 Å². The van der Waals surface area contributed by atoms with Crippen LogP contribution in [0, 0.1) is 11.8 Å². The summed E-state index contributed by atoms with van der Waals surface area (Å²) in [5.74, 6) is 1.08. The van der Waals surface area contributed by atoms with Gasteiger partial charge >= 0.3 is 12.0 Å². The molecule has 5 nitrogen and oxygen atoms in total. The second kappa shape index (κ2) is 8.70. The lowest BCUT2D eigenvalue weighted by atomic mass is 9.80. The van der Waals surface area contributed by atoms with Crippen LogP contribution < -0.4 is 10.6 Å². The Morgan fingerprint density at radius 1 is 1.24 bits per heavy atom. The zero-order valence-corrected chi connectivity index (χ0v) is 13.4. The lowest BCUT2D eigenvalue weighted by Gasteiger charge is -2.31. The highest BCUT2D eigenvalue weighted by atomic mass is 16.5. The van der Waals surface area contributed by atoms with Gasteiger partial charge in [-0.1, -0.05) is 20.4 Å². The van der Waals surface area contributed by atoms with Gasteiger partial charge < -0.3 is 15.4 Å². The molecule has 0 heterocycles. The third-order valence-corrected chi connectivity index (χ3v) is 4.02. The largest absolute Gasteiger partial charge is 0.460 e. The zero-order valence-electron chi connectivity index (χ0n) is 13.4. The van der Waals surface area contributed by atoms with Crippen molar-refractivity contribution in [1.82, 2.24) is 10.6 Å². The van der Waals surface area contributed by atoms with Crippen LogP contribution in [0.3, 0.4) is 0 Å². The van der Waals surface area contributed by atoms with E-state index in [-0.39, 0.29) is 18.7 Å². The maximum Gasteiger partial charge on any atom is 0.333 e. The fraction of sp³-hybridized carbons (Fsp3) is 0.750. The number of hydrogen-bond acceptors (Lipinski definition) is 3. The zero-order chi connectivity index (χ0) is 15.8. The lowest BCUT2D eigenvalue weighted by Crippen LogP contribution is -2.44. The minimum atomic E-state index is -0.427. The highest BCUT2D eigenvalue weighted by Crippen LogP contribution is 2.29. The van der Waals surface area contributed by atoms with Gasteiger partial charge in [0, 0.05) is 11.6 Å². The van der Waals surface area contributed by atoms with Gasteiger partial charge in [0.2, 0.25) is 0 Å². The van der Waals surface area contributed by atoms with Gasteiger partial charge in [-0.2, -0.15) is 0 Å². The van der Waals surface area contributed by atoms with E-state index in [1.807, 2.05) is 0 Å². The average molecular weight is 296 g/mol. The van der Waals surface area contributed by atoms with Crippen LogP contribution in [0.5, 0.6) is 0 Å². The maximum atomic E-state index is 11.7. The molecule has 0 aliphatic heterocycles. The van der Waals surface area contributed by atoms with Crippen LogP contribution in [-0.4, -0.2) is 31.2 Å². The van der Waals surface area contributed by atoms with E-state index in [9.17, 15) is 9.59 Å². The summed E-state index contributed by atoms with van der Waals surface area (Å²) in [6.07, 6.45) is 4.44. The average Bonchev–Trinajstić information content (AvgIpc) is 2.43. The summed E-state index contributed by atoms with van der Waals surface area (Å²) in [5.41, 5.74) is 0.362. The fourth-order valence-corrected chi connectivity index (χ4v) is 2.60. The molecule has 1 rings (SSSR count). The number of esters is 1. The van der Waals surface area contributed by atoms with Gasteiger partial charge in [-0.05, 0) is 44.4 Å². The number of urea groups is 1. The van der Waals surface area contributed by atoms with Gasteiger partial charge in [-0.3, -0.25) is 0 Å². The van der Waals surface area contributed by atoms with Crippen LogP contribution >= 0.6 is 0 Å². The molecule has 1 fully saturated rings. The van der Waals surface area contributed by atoms with E-state index < -0.39 is 5.97 Å². The molecule has 0 aromatic rings. The molecule has 21 heavy (non-hydrogen) atoms. The van der Waals surface area contributed by atoms with E-state index in [1.165, 1.54) is 12.8 Å². The van der Waals surface area contributed by atoms with Crippen LogP contribution in [0.25, 0.3) is 0 Å². The Balaban J connectivity index is 2.12.